The smallest absolute Gasteiger partial charge is 0.230 e. The minimum Gasteiger partial charge on any atom is -0.339 e. The first-order chi connectivity index (χ1) is 10.8. The van der Waals surface area contributed by atoms with Gasteiger partial charge in [0.25, 0.3) is 0 Å². The van der Waals surface area contributed by atoms with Gasteiger partial charge in [-0.1, -0.05) is 72.2 Å². The summed E-state index contributed by atoms with van der Waals surface area (Å²) in [5.41, 5.74) is 3.52. The fraction of sp³-hybridized carbons (Fsp3) is 0.263. The van der Waals surface area contributed by atoms with E-state index < -0.39 is 0 Å². The molecule has 0 bridgehead atoms. The molecule has 22 heavy (non-hydrogen) atoms. The summed E-state index contributed by atoms with van der Waals surface area (Å²) in [6.07, 6.45) is 1.90. The molecule has 0 spiro atoms. The fourth-order valence-electron chi connectivity index (χ4n) is 2.53. The number of benzene rings is 2. The Morgan fingerprint density at radius 2 is 1.73 bits per heavy atom. The molecular formula is C19H20N2O. The van der Waals surface area contributed by atoms with Crippen molar-refractivity contribution in [2.45, 2.75) is 32.6 Å². The van der Waals surface area contributed by atoms with Crippen LogP contribution in [0, 0.1) is 6.92 Å². The molecular weight excluding hydrogens is 272 g/mol. The van der Waals surface area contributed by atoms with Crippen LogP contribution in [0.2, 0.25) is 0 Å². The monoisotopic (exact) mass is 292 g/mol. The Morgan fingerprint density at radius 3 is 2.41 bits per heavy atom. The van der Waals surface area contributed by atoms with Crippen molar-refractivity contribution in [3.63, 3.8) is 0 Å². The summed E-state index contributed by atoms with van der Waals surface area (Å²) in [5, 5.41) is 4.14. The van der Waals surface area contributed by atoms with Crippen molar-refractivity contribution in [3.8, 4) is 11.4 Å². The van der Waals surface area contributed by atoms with Crippen LogP contribution in [-0.4, -0.2) is 10.1 Å². The van der Waals surface area contributed by atoms with Crippen LogP contribution in [0.5, 0.6) is 0 Å². The molecule has 0 radical (unpaired) electrons. The Balaban J connectivity index is 1.80. The van der Waals surface area contributed by atoms with Gasteiger partial charge in [0.05, 0.1) is 0 Å². The van der Waals surface area contributed by atoms with Gasteiger partial charge in [0, 0.05) is 11.5 Å². The van der Waals surface area contributed by atoms with Crippen LogP contribution in [0.1, 0.15) is 36.3 Å². The number of hydrogen-bond donors (Lipinski definition) is 0. The molecule has 2 aromatic carbocycles. The molecule has 1 atom stereocenters. The third kappa shape index (κ3) is 3.25. The van der Waals surface area contributed by atoms with E-state index in [1.54, 1.807) is 0 Å². The van der Waals surface area contributed by atoms with Gasteiger partial charge in [-0.2, -0.15) is 4.98 Å². The van der Waals surface area contributed by atoms with E-state index in [-0.39, 0.29) is 5.92 Å². The molecule has 1 aromatic heterocycles. The molecule has 3 aromatic rings. The summed E-state index contributed by atoms with van der Waals surface area (Å²) >= 11 is 0. The van der Waals surface area contributed by atoms with Crippen molar-refractivity contribution in [2.24, 2.45) is 0 Å². The van der Waals surface area contributed by atoms with Crippen LogP contribution in [0.3, 0.4) is 0 Å². The predicted octanol–water partition coefficient (Wildman–Crippen LogP) is 4.78. The number of hydrogen-bond acceptors (Lipinski definition) is 3. The second-order valence-corrected chi connectivity index (χ2v) is 5.62. The van der Waals surface area contributed by atoms with Gasteiger partial charge in [-0.05, 0) is 25.3 Å². The molecule has 1 unspecified atom stereocenters. The summed E-state index contributed by atoms with van der Waals surface area (Å²) in [6, 6.07) is 18.6. The molecule has 3 nitrogen and oxygen atoms in total. The van der Waals surface area contributed by atoms with E-state index in [1.165, 1.54) is 11.1 Å². The molecule has 0 N–H and O–H groups in total. The molecule has 0 aliphatic rings. The molecule has 0 fully saturated rings. The molecule has 0 amide bonds. The Labute approximate surface area is 131 Å². The number of aromatic nitrogens is 2. The third-order valence-corrected chi connectivity index (χ3v) is 3.92. The standard InChI is InChI=1S/C19H20N2O/c1-3-16(13-15-7-5-4-6-8-15)19-20-18(21-22-19)17-11-9-14(2)10-12-17/h4-12,16H,3,13H2,1-2H3. The third-order valence-electron chi connectivity index (χ3n) is 3.92. The van der Waals surface area contributed by atoms with Crippen molar-refractivity contribution < 1.29 is 4.52 Å². The average molecular weight is 292 g/mol. The highest BCUT2D eigenvalue weighted by molar-refractivity contribution is 5.54. The van der Waals surface area contributed by atoms with Gasteiger partial charge in [0.2, 0.25) is 11.7 Å². The fourth-order valence-corrected chi connectivity index (χ4v) is 2.53. The van der Waals surface area contributed by atoms with E-state index in [1.807, 2.05) is 18.2 Å². The van der Waals surface area contributed by atoms with Gasteiger partial charge in [-0.25, -0.2) is 0 Å². The number of nitrogens with zero attached hydrogens (tertiary/aromatic N) is 2. The highest BCUT2D eigenvalue weighted by Crippen LogP contribution is 2.25. The van der Waals surface area contributed by atoms with E-state index in [4.69, 9.17) is 4.52 Å². The Kier molecular flexibility index (Phi) is 4.33. The van der Waals surface area contributed by atoms with E-state index in [9.17, 15) is 0 Å². The second-order valence-electron chi connectivity index (χ2n) is 5.62. The quantitative estimate of drug-likeness (QED) is 0.679. The first-order valence-corrected chi connectivity index (χ1v) is 7.71. The topological polar surface area (TPSA) is 38.9 Å². The first-order valence-electron chi connectivity index (χ1n) is 7.71. The molecule has 112 valence electrons. The van der Waals surface area contributed by atoms with Crippen molar-refractivity contribution in [2.75, 3.05) is 0 Å². The van der Waals surface area contributed by atoms with Crippen molar-refractivity contribution in [1.29, 1.82) is 0 Å². The van der Waals surface area contributed by atoms with Crippen molar-refractivity contribution >= 4 is 0 Å². The SMILES string of the molecule is CCC(Cc1ccccc1)c1nc(-c2ccc(C)cc2)no1. The zero-order valence-corrected chi connectivity index (χ0v) is 13.0. The lowest BCUT2D eigenvalue weighted by Gasteiger charge is -2.09. The van der Waals surface area contributed by atoms with Gasteiger partial charge >= 0.3 is 0 Å². The summed E-state index contributed by atoms with van der Waals surface area (Å²) in [5.74, 6) is 1.65. The molecule has 0 aliphatic carbocycles. The zero-order valence-electron chi connectivity index (χ0n) is 13.0. The molecule has 3 rings (SSSR count). The maximum absolute atomic E-state index is 5.51. The highest BCUT2D eigenvalue weighted by Gasteiger charge is 2.18. The number of aryl methyl sites for hydroxylation is 1. The van der Waals surface area contributed by atoms with E-state index in [0.29, 0.717) is 5.82 Å². The lowest BCUT2D eigenvalue weighted by atomic mass is 9.97. The van der Waals surface area contributed by atoms with Crippen LogP contribution in [0.4, 0.5) is 0 Å². The summed E-state index contributed by atoms with van der Waals surface area (Å²) in [6.45, 7) is 4.22. The Morgan fingerprint density at radius 1 is 1.00 bits per heavy atom. The van der Waals surface area contributed by atoms with Gasteiger partial charge in [0.15, 0.2) is 0 Å². The molecule has 1 heterocycles. The van der Waals surface area contributed by atoms with E-state index in [2.05, 4.69) is 60.4 Å². The lowest BCUT2D eigenvalue weighted by molar-refractivity contribution is 0.348. The summed E-state index contributed by atoms with van der Waals surface area (Å²) in [4.78, 5) is 4.60. The number of rotatable bonds is 5. The zero-order chi connectivity index (χ0) is 15.4. The lowest BCUT2D eigenvalue weighted by Crippen LogP contribution is -2.02. The van der Waals surface area contributed by atoms with Crippen molar-refractivity contribution in [3.05, 3.63) is 71.6 Å². The first kappa shape index (κ1) is 14.5. The van der Waals surface area contributed by atoms with Crippen molar-refractivity contribution in [1.82, 2.24) is 10.1 Å². The molecule has 0 aliphatic heterocycles. The Bertz CT molecular complexity index is 717. The van der Waals surface area contributed by atoms with Gasteiger partial charge < -0.3 is 4.52 Å². The largest absolute Gasteiger partial charge is 0.339 e. The van der Waals surface area contributed by atoms with Crippen LogP contribution in [0.15, 0.2) is 59.1 Å². The van der Waals surface area contributed by atoms with Crippen LogP contribution in [-0.2, 0) is 6.42 Å². The molecule has 0 saturated heterocycles. The van der Waals surface area contributed by atoms with Crippen LogP contribution >= 0.6 is 0 Å². The van der Waals surface area contributed by atoms with Crippen LogP contribution in [0.25, 0.3) is 11.4 Å². The molecule has 3 heteroatoms. The minimum atomic E-state index is 0.258. The predicted molar refractivity (Wildman–Crippen MR) is 87.6 cm³/mol. The van der Waals surface area contributed by atoms with E-state index >= 15 is 0 Å². The highest BCUT2D eigenvalue weighted by atomic mass is 16.5. The van der Waals surface area contributed by atoms with Crippen LogP contribution < -0.4 is 0 Å². The normalized spacial score (nSPS) is 12.3. The maximum atomic E-state index is 5.51. The van der Waals surface area contributed by atoms with Gasteiger partial charge in [-0.15, -0.1) is 0 Å². The van der Waals surface area contributed by atoms with E-state index in [0.717, 1.165) is 24.3 Å². The average Bonchev–Trinajstić information content (AvgIpc) is 3.04. The molecule has 0 saturated carbocycles. The van der Waals surface area contributed by atoms with Gasteiger partial charge in [-0.3, -0.25) is 0 Å². The Hall–Kier alpha value is -2.42. The summed E-state index contributed by atoms with van der Waals surface area (Å²) < 4.78 is 5.51. The second kappa shape index (κ2) is 6.56. The van der Waals surface area contributed by atoms with Gasteiger partial charge in [0.1, 0.15) is 0 Å². The summed E-state index contributed by atoms with van der Waals surface area (Å²) in [7, 11) is 0. The minimum absolute atomic E-state index is 0.258. The maximum Gasteiger partial charge on any atom is 0.230 e.